The van der Waals surface area contributed by atoms with Gasteiger partial charge < -0.3 is 61.9 Å². The standard InChI is InChI=1S/C12H18O6.6HNO3/c13-1-7-8(2-14)10(4-16)12(6-18)11(5-17)9(7)3-15;6*2-1(3)4/h13-18H,1-6H2;6*(H,2,3,4). The van der Waals surface area contributed by atoms with Gasteiger partial charge in [-0.15, -0.1) is 60.7 Å². The molecule has 1 aromatic rings. The summed E-state index contributed by atoms with van der Waals surface area (Å²) in [5.41, 5.74) is 1.70. The topological polar surface area (TPSA) is 502 Å². The quantitative estimate of drug-likeness (QED) is 0.107. The van der Waals surface area contributed by atoms with E-state index < -0.39 is 70.2 Å². The van der Waals surface area contributed by atoms with Gasteiger partial charge in [0.1, 0.15) is 0 Å². The fraction of sp³-hybridized carbons (Fsp3) is 0.500. The van der Waals surface area contributed by atoms with E-state index >= 15 is 0 Å². The van der Waals surface area contributed by atoms with Gasteiger partial charge in [0.05, 0.1) is 39.6 Å². The molecule has 42 heavy (non-hydrogen) atoms. The van der Waals surface area contributed by atoms with Gasteiger partial charge in [0.25, 0.3) is 30.5 Å². The maximum absolute atomic E-state index is 9.32. The molecule has 12 N–H and O–H groups in total. The molecule has 0 spiro atoms. The second kappa shape index (κ2) is 31.4. The molecule has 0 saturated carbocycles. The van der Waals surface area contributed by atoms with E-state index in [1.165, 1.54) is 0 Å². The second-order valence-corrected chi connectivity index (χ2v) is 5.25. The Morgan fingerprint density at radius 3 is 0.381 bits per heavy atom. The van der Waals surface area contributed by atoms with Gasteiger partial charge in [-0.05, 0) is 33.4 Å². The molecular weight excluding hydrogens is 612 g/mol. The Morgan fingerprint density at radius 1 is 0.310 bits per heavy atom. The Hall–Kier alpha value is -5.82. The molecule has 0 aromatic heterocycles. The first-order valence-electron chi connectivity index (χ1n) is 8.91. The highest BCUT2D eigenvalue weighted by atomic mass is 16.9. The van der Waals surface area contributed by atoms with Crippen molar-refractivity contribution in [1.82, 2.24) is 0 Å². The highest BCUT2D eigenvalue weighted by Crippen LogP contribution is 2.29. The van der Waals surface area contributed by atoms with Gasteiger partial charge in [-0.2, -0.15) is 0 Å². The molecule has 1 rings (SSSR count). The van der Waals surface area contributed by atoms with Gasteiger partial charge in [0.2, 0.25) is 0 Å². The van der Waals surface area contributed by atoms with Crippen molar-refractivity contribution < 1.29 is 92.4 Å². The number of rotatable bonds is 6. The average Bonchev–Trinajstić information content (AvgIpc) is 2.79. The van der Waals surface area contributed by atoms with Crippen molar-refractivity contribution >= 4 is 0 Å². The van der Waals surface area contributed by atoms with E-state index in [0.29, 0.717) is 0 Å². The fourth-order valence-electron chi connectivity index (χ4n) is 2.24. The number of aliphatic hydroxyl groups excluding tert-OH is 6. The summed E-state index contributed by atoms with van der Waals surface area (Å²) in [5, 5.41) is 138. The lowest BCUT2D eigenvalue weighted by molar-refractivity contribution is -0.742. The van der Waals surface area contributed by atoms with Crippen LogP contribution in [0.4, 0.5) is 0 Å². The molecule has 1 aromatic carbocycles. The Bertz CT molecular complexity index is 719. The smallest absolute Gasteiger partial charge is 0.291 e. The summed E-state index contributed by atoms with van der Waals surface area (Å²) in [6.07, 6.45) is 0. The van der Waals surface area contributed by atoms with Gasteiger partial charge in [0.15, 0.2) is 0 Å². The summed E-state index contributed by atoms with van der Waals surface area (Å²) >= 11 is 0. The van der Waals surface area contributed by atoms with Crippen LogP contribution in [0.25, 0.3) is 0 Å². The van der Waals surface area contributed by atoms with Crippen molar-refractivity contribution in [2.75, 3.05) is 0 Å². The van der Waals surface area contributed by atoms with E-state index in [0.717, 1.165) is 0 Å². The van der Waals surface area contributed by atoms with Crippen LogP contribution in [0.2, 0.25) is 0 Å². The molecular formula is C12H24N6O24. The zero-order chi connectivity index (χ0) is 35.2. The van der Waals surface area contributed by atoms with Gasteiger partial charge in [0, 0.05) is 0 Å². The zero-order valence-electron chi connectivity index (χ0n) is 20.2. The van der Waals surface area contributed by atoms with E-state index in [1.807, 2.05) is 0 Å². The summed E-state index contributed by atoms with van der Waals surface area (Å²) in [6.45, 7) is -2.60. The number of nitrogens with zero attached hydrogens (tertiary/aromatic N) is 6. The van der Waals surface area contributed by atoms with Crippen LogP contribution in [0, 0.1) is 60.7 Å². The van der Waals surface area contributed by atoms with Gasteiger partial charge >= 0.3 is 0 Å². The first kappa shape index (κ1) is 49.2. The summed E-state index contributed by atoms with van der Waals surface area (Å²) < 4.78 is 0. The lowest BCUT2D eigenvalue weighted by atomic mass is 9.87. The maximum Gasteiger partial charge on any atom is 0.291 e. The van der Waals surface area contributed by atoms with Crippen molar-refractivity contribution in [3.63, 3.8) is 0 Å². The van der Waals surface area contributed by atoms with E-state index in [4.69, 9.17) is 91.9 Å². The molecule has 0 amide bonds. The Balaban J connectivity index is -0.000000110. The molecule has 0 aliphatic rings. The van der Waals surface area contributed by atoms with Crippen molar-refractivity contribution in [3.8, 4) is 0 Å². The second-order valence-electron chi connectivity index (χ2n) is 5.25. The van der Waals surface area contributed by atoms with Crippen LogP contribution in [0.1, 0.15) is 33.4 Å². The highest BCUT2D eigenvalue weighted by Gasteiger charge is 2.21. The van der Waals surface area contributed by atoms with Crippen molar-refractivity contribution in [1.29, 1.82) is 0 Å². The fourth-order valence-corrected chi connectivity index (χ4v) is 2.24. The molecule has 0 saturated heterocycles. The normalized spacial score (nSPS) is 8.14. The molecule has 0 radical (unpaired) electrons. The van der Waals surface area contributed by atoms with Crippen LogP contribution >= 0.6 is 0 Å². The summed E-state index contributed by atoms with van der Waals surface area (Å²) in [7, 11) is 0. The minimum absolute atomic E-state index is 0.283. The molecule has 0 heterocycles. The van der Waals surface area contributed by atoms with Crippen LogP contribution in [0.15, 0.2) is 0 Å². The molecule has 0 aliphatic carbocycles. The lowest BCUT2D eigenvalue weighted by Crippen LogP contribution is -2.14. The molecule has 30 heteroatoms. The SMILES string of the molecule is O=[N+]([O-])O.O=[N+]([O-])O.O=[N+]([O-])O.O=[N+]([O-])O.O=[N+]([O-])O.O=[N+]([O-])O.OCc1c(CO)c(CO)c(CO)c(CO)c1CO. The van der Waals surface area contributed by atoms with Crippen molar-refractivity contribution in [3.05, 3.63) is 94.1 Å². The molecule has 246 valence electrons. The van der Waals surface area contributed by atoms with E-state index in [1.54, 1.807) is 0 Å². The largest absolute Gasteiger partial charge is 0.392 e. The first-order chi connectivity index (χ1) is 19.1. The summed E-state index contributed by atoms with van der Waals surface area (Å²) in [4.78, 5) is 50.2. The molecule has 0 fully saturated rings. The van der Waals surface area contributed by atoms with Crippen molar-refractivity contribution in [2.24, 2.45) is 0 Å². The van der Waals surface area contributed by atoms with E-state index in [2.05, 4.69) is 0 Å². The molecule has 0 bridgehead atoms. The minimum atomic E-state index is -1.50. The number of aliphatic hydroxyl groups is 6. The van der Waals surface area contributed by atoms with Crippen LogP contribution in [-0.2, 0) is 39.6 Å². The zero-order valence-corrected chi connectivity index (χ0v) is 20.2. The molecule has 0 atom stereocenters. The van der Waals surface area contributed by atoms with Crippen LogP contribution in [0.5, 0.6) is 0 Å². The Labute approximate surface area is 227 Å². The van der Waals surface area contributed by atoms with Crippen molar-refractivity contribution in [2.45, 2.75) is 39.6 Å². The van der Waals surface area contributed by atoms with Gasteiger partial charge in [-0.25, -0.2) is 0 Å². The third-order valence-corrected chi connectivity index (χ3v) is 3.13. The van der Waals surface area contributed by atoms with Crippen LogP contribution in [0.3, 0.4) is 0 Å². The lowest BCUT2D eigenvalue weighted by Gasteiger charge is -2.22. The highest BCUT2D eigenvalue weighted by molar-refractivity contribution is 5.51. The Kier molecular flexibility index (Phi) is 36.8. The van der Waals surface area contributed by atoms with Gasteiger partial charge in [-0.3, -0.25) is 0 Å². The predicted molar refractivity (Wildman–Crippen MR) is 115 cm³/mol. The predicted octanol–water partition coefficient (Wildman–Crippen LogP) is -3.45. The maximum atomic E-state index is 9.32. The number of benzene rings is 1. The van der Waals surface area contributed by atoms with E-state index in [-0.39, 0.29) is 33.4 Å². The third kappa shape index (κ3) is 41.3. The minimum Gasteiger partial charge on any atom is -0.392 e. The monoisotopic (exact) mass is 636 g/mol. The summed E-state index contributed by atoms with van der Waals surface area (Å²) in [6, 6.07) is 0. The molecule has 30 nitrogen and oxygen atoms in total. The van der Waals surface area contributed by atoms with E-state index in [9.17, 15) is 30.6 Å². The molecule has 0 unspecified atom stereocenters. The third-order valence-electron chi connectivity index (χ3n) is 3.13. The number of hydrogen-bond acceptors (Lipinski definition) is 18. The van der Waals surface area contributed by atoms with Crippen LogP contribution in [-0.4, -0.2) is 92.4 Å². The molecule has 0 aliphatic heterocycles. The van der Waals surface area contributed by atoms with Gasteiger partial charge in [-0.1, -0.05) is 0 Å². The first-order valence-corrected chi connectivity index (χ1v) is 8.91. The summed E-state index contributed by atoms with van der Waals surface area (Å²) in [5.74, 6) is 0. The average molecular weight is 636 g/mol. The Morgan fingerprint density at radius 2 is 0.357 bits per heavy atom. The van der Waals surface area contributed by atoms with Crippen LogP contribution < -0.4 is 0 Å². The number of hydrogen-bond donors (Lipinski definition) is 12.